The number of hydrogen-bond donors (Lipinski definition) is 1. The number of nitrogens with two attached hydrogens (primary N) is 1. The number of halogens is 1. The number of aryl methyl sites for hydroxylation is 1. The van der Waals surface area contributed by atoms with E-state index >= 15 is 0 Å². The summed E-state index contributed by atoms with van der Waals surface area (Å²) in [5.41, 5.74) is 6.96. The third-order valence-corrected chi connectivity index (χ3v) is 2.61. The van der Waals surface area contributed by atoms with Crippen LogP contribution in [0.2, 0.25) is 0 Å². The third kappa shape index (κ3) is 1.85. The molecule has 1 saturated heterocycles. The van der Waals surface area contributed by atoms with Gasteiger partial charge in [0, 0.05) is 24.7 Å². The van der Waals surface area contributed by atoms with Crippen molar-refractivity contribution in [3.8, 4) is 0 Å². The minimum Gasteiger partial charge on any atom is -0.326 e. The number of hydrogen-bond acceptors (Lipinski definition) is 2. The summed E-state index contributed by atoms with van der Waals surface area (Å²) in [5, 5.41) is 0. The molecule has 1 aromatic carbocycles. The molecule has 2 rings (SSSR count). The van der Waals surface area contributed by atoms with Gasteiger partial charge < -0.3 is 10.6 Å². The second-order valence-electron chi connectivity index (χ2n) is 3.90. The van der Waals surface area contributed by atoms with Crippen LogP contribution < -0.4 is 10.6 Å². The highest BCUT2D eigenvalue weighted by atomic mass is 19.1. The highest BCUT2D eigenvalue weighted by Gasteiger charge is 2.28. The van der Waals surface area contributed by atoms with Gasteiger partial charge in [-0.05, 0) is 30.7 Å². The summed E-state index contributed by atoms with van der Waals surface area (Å²) >= 11 is 0. The largest absolute Gasteiger partial charge is 0.326 e. The zero-order valence-electron chi connectivity index (χ0n) is 8.53. The first kappa shape index (κ1) is 10.1. The summed E-state index contributed by atoms with van der Waals surface area (Å²) < 4.78 is 13.0. The average Bonchev–Trinajstić information content (AvgIpc) is 2.50. The molecule has 3 nitrogen and oxygen atoms in total. The van der Waals surface area contributed by atoms with Crippen LogP contribution >= 0.6 is 0 Å². The Balaban J connectivity index is 2.30. The molecule has 4 heteroatoms. The second-order valence-corrected chi connectivity index (χ2v) is 3.90. The summed E-state index contributed by atoms with van der Waals surface area (Å²) in [6.45, 7) is 2.20. The van der Waals surface area contributed by atoms with Crippen molar-refractivity contribution in [2.75, 3.05) is 11.4 Å². The van der Waals surface area contributed by atoms with Gasteiger partial charge in [0.2, 0.25) is 5.91 Å². The Morgan fingerprint density at radius 3 is 2.80 bits per heavy atom. The number of nitrogens with zero attached hydrogens (tertiary/aromatic N) is 1. The van der Waals surface area contributed by atoms with Gasteiger partial charge in [0.05, 0.1) is 0 Å². The Hall–Kier alpha value is -1.42. The maximum Gasteiger partial charge on any atom is 0.228 e. The van der Waals surface area contributed by atoms with E-state index in [9.17, 15) is 9.18 Å². The molecular weight excluding hydrogens is 195 g/mol. The molecule has 1 heterocycles. The lowest BCUT2D eigenvalue weighted by atomic mass is 10.2. The molecular formula is C11H13FN2O. The maximum absolute atomic E-state index is 13.0. The van der Waals surface area contributed by atoms with E-state index in [2.05, 4.69) is 0 Å². The van der Waals surface area contributed by atoms with Gasteiger partial charge in [-0.1, -0.05) is 0 Å². The fourth-order valence-electron chi connectivity index (χ4n) is 1.78. The topological polar surface area (TPSA) is 46.3 Å². The molecule has 0 aliphatic carbocycles. The summed E-state index contributed by atoms with van der Waals surface area (Å²) in [5.74, 6) is -0.247. The molecule has 0 spiro atoms. The normalized spacial score (nSPS) is 21.1. The van der Waals surface area contributed by atoms with Gasteiger partial charge >= 0.3 is 0 Å². The Labute approximate surface area is 87.7 Å². The van der Waals surface area contributed by atoms with Crippen LogP contribution in [0.4, 0.5) is 10.1 Å². The molecule has 1 atom stereocenters. The zero-order chi connectivity index (χ0) is 11.0. The quantitative estimate of drug-likeness (QED) is 0.753. The number of benzene rings is 1. The van der Waals surface area contributed by atoms with E-state index in [4.69, 9.17) is 5.73 Å². The van der Waals surface area contributed by atoms with Crippen LogP contribution in [-0.4, -0.2) is 18.5 Å². The molecule has 0 bridgehead atoms. The van der Waals surface area contributed by atoms with Crippen LogP contribution in [0, 0.1) is 12.7 Å². The number of anilines is 1. The lowest BCUT2D eigenvalue weighted by Crippen LogP contribution is -2.28. The molecule has 0 aromatic heterocycles. The standard InChI is InChI=1S/C11H13FN2O/c1-7-4-9(2-3-10(7)12)14-6-8(13)5-11(14)15/h2-4,8H,5-6,13H2,1H3. The second kappa shape index (κ2) is 3.62. The lowest BCUT2D eigenvalue weighted by Gasteiger charge is -2.16. The van der Waals surface area contributed by atoms with Crippen molar-refractivity contribution in [2.24, 2.45) is 5.73 Å². The Bertz CT molecular complexity index is 406. The van der Waals surface area contributed by atoms with Crippen molar-refractivity contribution < 1.29 is 9.18 Å². The predicted molar refractivity (Wildman–Crippen MR) is 56.1 cm³/mol. The number of rotatable bonds is 1. The Kier molecular flexibility index (Phi) is 2.44. The van der Waals surface area contributed by atoms with Crippen molar-refractivity contribution in [1.29, 1.82) is 0 Å². The summed E-state index contributed by atoms with van der Waals surface area (Å²) in [6, 6.07) is 4.55. The van der Waals surface area contributed by atoms with E-state index in [0.29, 0.717) is 18.5 Å². The van der Waals surface area contributed by atoms with Crippen LogP contribution in [0.3, 0.4) is 0 Å². The fraction of sp³-hybridized carbons (Fsp3) is 0.364. The van der Waals surface area contributed by atoms with Gasteiger partial charge in [0.1, 0.15) is 5.82 Å². The first-order valence-corrected chi connectivity index (χ1v) is 4.90. The predicted octanol–water partition coefficient (Wildman–Crippen LogP) is 1.20. The first-order valence-electron chi connectivity index (χ1n) is 4.90. The van der Waals surface area contributed by atoms with Gasteiger partial charge in [-0.2, -0.15) is 0 Å². The Morgan fingerprint density at radius 2 is 2.27 bits per heavy atom. The van der Waals surface area contributed by atoms with Crippen molar-refractivity contribution in [3.05, 3.63) is 29.6 Å². The molecule has 1 aliphatic rings. The average molecular weight is 208 g/mol. The molecule has 0 saturated carbocycles. The van der Waals surface area contributed by atoms with E-state index < -0.39 is 0 Å². The van der Waals surface area contributed by atoms with E-state index in [0.717, 1.165) is 5.69 Å². The highest BCUT2D eigenvalue weighted by molar-refractivity contribution is 5.96. The van der Waals surface area contributed by atoms with Crippen molar-refractivity contribution in [3.63, 3.8) is 0 Å². The van der Waals surface area contributed by atoms with Crippen LogP contribution in [0.25, 0.3) is 0 Å². The van der Waals surface area contributed by atoms with E-state index in [1.807, 2.05) is 0 Å². The highest BCUT2D eigenvalue weighted by Crippen LogP contribution is 2.22. The SMILES string of the molecule is Cc1cc(N2CC(N)CC2=O)ccc1F. The summed E-state index contributed by atoms with van der Waals surface area (Å²) in [6.07, 6.45) is 0.371. The van der Waals surface area contributed by atoms with Crippen molar-refractivity contribution >= 4 is 11.6 Å². The van der Waals surface area contributed by atoms with Crippen molar-refractivity contribution in [1.82, 2.24) is 0 Å². The minimum absolute atomic E-state index is 0.00788. The molecule has 15 heavy (non-hydrogen) atoms. The zero-order valence-corrected chi connectivity index (χ0v) is 8.53. The van der Waals surface area contributed by atoms with Crippen LogP contribution in [0.5, 0.6) is 0 Å². The van der Waals surface area contributed by atoms with Gasteiger partial charge in [0.15, 0.2) is 0 Å². The van der Waals surface area contributed by atoms with Gasteiger partial charge in [-0.15, -0.1) is 0 Å². The maximum atomic E-state index is 13.0. The third-order valence-electron chi connectivity index (χ3n) is 2.61. The molecule has 1 aliphatic heterocycles. The Morgan fingerprint density at radius 1 is 1.53 bits per heavy atom. The van der Waals surface area contributed by atoms with Crippen LogP contribution in [0.1, 0.15) is 12.0 Å². The van der Waals surface area contributed by atoms with Crippen LogP contribution in [-0.2, 0) is 4.79 Å². The summed E-state index contributed by atoms with van der Waals surface area (Å²) in [4.78, 5) is 13.1. The molecule has 1 amide bonds. The smallest absolute Gasteiger partial charge is 0.228 e. The molecule has 1 fully saturated rings. The van der Waals surface area contributed by atoms with Gasteiger partial charge in [-0.25, -0.2) is 4.39 Å². The molecule has 0 radical (unpaired) electrons. The first-order chi connectivity index (χ1) is 7.08. The van der Waals surface area contributed by atoms with E-state index in [-0.39, 0.29) is 17.8 Å². The van der Waals surface area contributed by atoms with Crippen molar-refractivity contribution in [2.45, 2.75) is 19.4 Å². The number of carbonyl (C=O) groups excluding carboxylic acids is 1. The number of amides is 1. The minimum atomic E-state index is -0.255. The van der Waals surface area contributed by atoms with Gasteiger partial charge in [0.25, 0.3) is 0 Å². The molecule has 2 N–H and O–H groups in total. The van der Waals surface area contributed by atoms with Gasteiger partial charge in [-0.3, -0.25) is 4.79 Å². The van der Waals surface area contributed by atoms with Crippen LogP contribution in [0.15, 0.2) is 18.2 Å². The lowest BCUT2D eigenvalue weighted by molar-refractivity contribution is -0.117. The molecule has 80 valence electrons. The fourth-order valence-corrected chi connectivity index (χ4v) is 1.78. The summed E-state index contributed by atoms with van der Waals surface area (Å²) in [7, 11) is 0. The van der Waals surface area contributed by atoms with E-state index in [1.54, 1.807) is 24.0 Å². The molecule has 1 unspecified atom stereocenters. The monoisotopic (exact) mass is 208 g/mol. The number of carbonyl (C=O) groups is 1. The van der Waals surface area contributed by atoms with E-state index in [1.165, 1.54) is 6.07 Å². The molecule has 1 aromatic rings.